The fourth-order valence-electron chi connectivity index (χ4n) is 2.95. The van der Waals surface area contributed by atoms with Crippen LogP contribution in [0.15, 0.2) is 36.7 Å². The number of halogens is 3. The summed E-state index contributed by atoms with van der Waals surface area (Å²) in [4.78, 5) is 5.53. The van der Waals surface area contributed by atoms with Gasteiger partial charge in [-0.05, 0) is 31.2 Å². The summed E-state index contributed by atoms with van der Waals surface area (Å²) in [7, 11) is 0. The largest absolute Gasteiger partial charge is 0.416 e. The van der Waals surface area contributed by atoms with Crippen LogP contribution in [0.2, 0.25) is 0 Å². The van der Waals surface area contributed by atoms with Gasteiger partial charge >= 0.3 is 6.18 Å². The number of alkyl halides is 3. The molecule has 3 aromatic rings. The number of ether oxygens (including phenoxy) is 1. The van der Waals surface area contributed by atoms with E-state index in [1.807, 2.05) is 0 Å². The van der Waals surface area contributed by atoms with Gasteiger partial charge in [-0.1, -0.05) is 0 Å². The maximum absolute atomic E-state index is 13.1. The molecule has 0 radical (unpaired) electrons. The zero-order valence-electron chi connectivity index (χ0n) is 13.8. The maximum atomic E-state index is 13.1. The van der Waals surface area contributed by atoms with E-state index in [9.17, 15) is 13.2 Å². The molecule has 0 aromatic carbocycles. The van der Waals surface area contributed by atoms with Crippen molar-refractivity contribution < 1.29 is 17.9 Å². The van der Waals surface area contributed by atoms with Gasteiger partial charge in [0.2, 0.25) is 0 Å². The fraction of sp³-hybridized carbons (Fsp3) is 0.375. The lowest BCUT2D eigenvalue weighted by Crippen LogP contribution is -2.52. The predicted octanol–water partition coefficient (Wildman–Crippen LogP) is 2.34. The molecule has 0 saturated carbocycles. The van der Waals surface area contributed by atoms with Crippen LogP contribution in [0.4, 0.5) is 19.0 Å². The van der Waals surface area contributed by atoms with Crippen molar-refractivity contribution in [3.05, 3.63) is 36.7 Å². The first-order valence-electron chi connectivity index (χ1n) is 8.02. The van der Waals surface area contributed by atoms with E-state index in [1.165, 1.54) is 4.52 Å². The third-order valence-electron chi connectivity index (χ3n) is 4.14. The highest BCUT2D eigenvalue weighted by molar-refractivity contribution is 5.59. The molecule has 4 heterocycles. The molecule has 26 heavy (non-hydrogen) atoms. The van der Waals surface area contributed by atoms with Crippen LogP contribution in [0.25, 0.3) is 17.0 Å². The maximum Gasteiger partial charge on any atom is 0.416 e. The van der Waals surface area contributed by atoms with Crippen LogP contribution in [-0.4, -0.2) is 56.3 Å². The molecule has 2 unspecified atom stereocenters. The first kappa shape index (κ1) is 16.7. The molecule has 136 valence electrons. The highest BCUT2D eigenvalue weighted by Crippen LogP contribution is 2.29. The van der Waals surface area contributed by atoms with Crippen molar-refractivity contribution >= 4 is 11.5 Å². The summed E-state index contributed by atoms with van der Waals surface area (Å²) in [5.74, 6) is 0.912. The molecule has 3 aromatic heterocycles. The summed E-state index contributed by atoms with van der Waals surface area (Å²) in [6, 6.07) is 6.86. The van der Waals surface area contributed by atoms with Crippen molar-refractivity contribution in [1.29, 1.82) is 0 Å². The highest BCUT2D eigenvalue weighted by atomic mass is 19.4. The molecule has 7 nitrogen and oxygen atoms in total. The average Bonchev–Trinajstić information content (AvgIpc) is 3.04. The Morgan fingerprint density at radius 1 is 1.08 bits per heavy atom. The SMILES string of the molecule is CC1CN(c2ccc3nnc(-c4ccncc4)n3n2)CC(C(F)(F)F)O1. The molecule has 1 saturated heterocycles. The predicted molar refractivity (Wildman–Crippen MR) is 86.6 cm³/mol. The number of anilines is 1. The quantitative estimate of drug-likeness (QED) is 0.695. The molecule has 0 amide bonds. The third kappa shape index (κ3) is 3.07. The second-order valence-corrected chi connectivity index (χ2v) is 6.10. The topological polar surface area (TPSA) is 68.4 Å². The van der Waals surface area contributed by atoms with Crippen molar-refractivity contribution in [3.63, 3.8) is 0 Å². The summed E-state index contributed by atoms with van der Waals surface area (Å²) in [6.07, 6.45) is -3.58. The van der Waals surface area contributed by atoms with Crippen LogP contribution in [0.3, 0.4) is 0 Å². The van der Waals surface area contributed by atoms with Gasteiger partial charge in [0.25, 0.3) is 0 Å². The number of nitrogens with zero attached hydrogens (tertiary/aromatic N) is 6. The molecule has 0 bridgehead atoms. The summed E-state index contributed by atoms with van der Waals surface area (Å²) in [5, 5.41) is 12.6. The molecule has 0 N–H and O–H groups in total. The number of morpholine rings is 1. The van der Waals surface area contributed by atoms with Gasteiger partial charge in [-0.3, -0.25) is 4.98 Å². The third-order valence-corrected chi connectivity index (χ3v) is 4.14. The average molecular weight is 364 g/mol. The zero-order valence-corrected chi connectivity index (χ0v) is 13.8. The summed E-state index contributed by atoms with van der Waals surface area (Å²) in [5.41, 5.74) is 1.27. The lowest BCUT2D eigenvalue weighted by atomic mass is 10.2. The van der Waals surface area contributed by atoms with Crippen LogP contribution in [0.1, 0.15) is 6.92 Å². The van der Waals surface area contributed by atoms with Gasteiger partial charge in [-0.25, -0.2) is 0 Å². The number of pyridine rings is 1. The van der Waals surface area contributed by atoms with Gasteiger partial charge in [0.1, 0.15) is 5.82 Å². The molecular weight excluding hydrogens is 349 g/mol. The van der Waals surface area contributed by atoms with Crippen molar-refractivity contribution in [2.24, 2.45) is 0 Å². The van der Waals surface area contributed by atoms with Gasteiger partial charge in [0.15, 0.2) is 17.6 Å². The first-order valence-corrected chi connectivity index (χ1v) is 8.02. The highest BCUT2D eigenvalue weighted by Gasteiger charge is 2.45. The Labute approximate surface area is 146 Å². The number of aromatic nitrogens is 5. The molecule has 1 fully saturated rings. The molecule has 2 atom stereocenters. The Kier molecular flexibility index (Phi) is 3.98. The van der Waals surface area contributed by atoms with E-state index in [0.717, 1.165) is 5.56 Å². The Hall–Kier alpha value is -2.75. The summed E-state index contributed by atoms with van der Waals surface area (Å²) in [6.45, 7) is 1.63. The smallest absolute Gasteiger partial charge is 0.362 e. The Balaban J connectivity index is 1.71. The van der Waals surface area contributed by atoms with Crippen molar-refractivity contribution in [2.45, 2.75) is 25.3 Å². The van der Waals surface area contributed by atoms with E-state index in [1.54, 1.807) is 48.5 Å². The minimum absolute atomic E-state index is 0.306. The first-order chi connectivity index (χ1) is 12.4. The van der Waals surface area contributed by atoms with Crippen LogP contribution < -0.4 is 4.90 Å². The second kappa shape index (κ2) is 6.20. The van der Waals surface area contributed by atoms with Crippen molar-refractivity contribution in [2.75, 3.05) is 18.0 Å². The summed E-state index contributed by atoms with van der Waals surface area (Å²) >= 11 is 0. The number of hydrogen-bond donors (Lipinski definition) is 0. The van der Waals surface area contributed by atoms with Gasteiger partial charge < -0.3 is 9.64 Å². The zero-order chi connectivity index (χ0) is 18.3. The normalized spacial score (nSPS) is 21.3. The number of hydrogen-bond acceptors (Lipinski definition) is 6. The van der Waals surface area contributed by atoms with Crippen LogP contribution in [0.5, 0.6) is 0 Å². The number of fused-ring (bicyclic) bond motifs is 1. The van der Waals surface area contributed by atoms with Crippen molar-refractivity contribution in [3.8, 4) is 11.4 Å². The molecule has 0 spiro atoms. The van der Waals surface area contributed by atoms with Gasteiger partial charge in [0, 0.05) is 24.5 Å². The van der Waals surface area contributed by atoms with E-state index >= 15 is 0 Å². The van der Waals surface area contributed by atoms with Gasteiger partial charge in [-0.15, -0.1) is 15.3 Å². The lowest BCUT2D eigenvalue weighted by molar-refractivity contribution is -0.233. The second-order valence-electron chi connectivity index (χ2n) is 6.10. The fourth-order valence-corrected chi connectivity index (χ4v) is 2.95. The number of rotatable bonds is 2. The molecule has 1 aliphatic heterocycles. The standard InChI is InChI=1S/C16H15F3N6O/c1-10-8-24(9-12(26-10)16(17,18)19)14-3-2-13-21-22-15(25(13)23-14)11-4-6-20-7-5-11/h2-7,10,12H,8-9H2,1H3. The van der Waals surface area contributed by atoms with Crippen LogP contribution >= 0.6 is 0 Å². The van der Waals surface area contributed by atoms with Crippen LogP contribution in [-0.2, 0) is 4.74 Å². The summed E-state index contributed by atoms with van der Waals surface area (Å²) < 4.78 is 45.8. The van der Waals surface area contributed by atoms with Crippen molar-refractivity contribution in [1.82, 2.24) is 24.8 Å². The molecule has 1 aliphatic rings. The Morgan fingerprint density at radius 2 is 1.85 bits per heavy atom. The van der Waals surface area contributed by atoms with E-state index in [4.69, 9.17) is 4.74 Å². The monoisotopic (exact) mass is 364 g/mol. The van der Waals surface area contributed by atoms with Gasteiger partial charge in [-0.2, -0.15) is 17.7 Å². The Bertz CT molecular complexity index is 913. The minimum atomic E-state index is -4.42. The molecule has 10 heteroatoms. The van der Waals surface area contributed by atoms with E-state index in [-0.39, 0.29) is 6.54 Å². The van der Waals surface area contributed by atoms with E-state index in [2.05, 4.69) is 20.3 Å². The van der Waals surface area contributed by atoms with Crippen LogP contribution in [0, 0.1) is 0 Å². The van der Waals surface area contributed by atoms with Gasteiger partial charge in [0.05, 0.1) is 12.6 Å². The lowest BCUT2D eigenvalue weighted by Gasteiger charge is -2.37. The molecule has 0 aliphatic carbocycles. The Morgan fingerprint density at radius 3 is 2.58 bits per heavy atom. The van der Waals surface area contributed by atoms with E-state index in [0.29, 0.717) is 23.8 Å². The minimum Gasteiger partial charge on any atom is -0.362 e. The van der Waals surface area contributed by atoms with E-state index < -0.39 is 18.4 Å². The molecule has 4 rings (SSSR count). The molecular formula is C16H15F3N6O.